The van der Waals surface area contributed by atoms with E-state index < -0.39 is 0 Å². The van der Waals surface area contributed by atoms with Crippen molar-refractivity contribution >= 4 is 22.9 Å². The number of ketones is 1. The highest BCUT2D eigenvalue weighted by Gasteiger charge is 2.36. The Bertz CT molecular complexity index is 199. The third-order valence-corrected chi connectivity index (χ3v) is 3.34. The summed E-state index contributed by atoms with van der Waals surface area (Å²) in [7, 11) is 2.11. The zero-order valence-corrected chi connectivity index (χ0v) is 8.06. The minimum Gasteiger partial charge on any atom is -0.300 e. The standard InChI is InChI=1S/C9H13NOS/c1-10-6-2-8(11)3-7(10)5-9(12)4-6/h6-7H,2-5H2,1H3. The fourth-order valence-electron chi connectivity index (χ4n) is 2.24. The normalized spacial score (nSPS) is 37.1. The molecule has 0 radical (unpaired) electrons. The van der Waals surface area contributed by atoms with Gasteiger partial charge in [0.1, 0.15) is 5.78 Å². The third-order valence-electron chi connectivity index (χ3n) is 3.01. The molecule has 66 valence electrons. The summed E-state index contributed by atoms with van der Waals surface area (Å²) in [6.45, 7) is 0. The fourth-order valence-corrected chi connectivity index (χ4v) is 2.62. The second kappa shape index (κ2) is 2.89. The highest BCUT2D eigenvalue weighted by atomic mass is 32.1. The van der Waals surface area contributed by atoms with Gasteiger partial charge in [-0.15, -0.1) is 0 Å². The van der Waals surface area contributed by atoms with Crippen LogP contribution in [-0.4, -0.2) is 34.7 Å². The lowest BCUT2D eigenvalue weighted by Gasteiger charge is -2.43. The molecule has 2 aliphatic rings. The van der Waals surface area contributed by atoms with Crippen molar-refractivity contribution in [3.05, 3.63) is 0 Å². The summed E-state index contributed by atoms with van der Waals surface area (Å²) in [5, 5.41) is 0. The summed E-state index contributed by atoms with van der Waals surface area (Å²) in [4.78, 5) is 14.8. The Labute approximate surface area is 77.9 Å². The van der Waals surface area contributed by atoms with Crippen LogP contribution in [0.4, 0.5) is 0 Å². The predicted molar refractivity (Wildman–Crippen MR) is 51.4 cm³/mol. The lowest BCUT2D eigenvalue weighted by molar-refractivity contribution is -0.124. The lowest BCUT2D eigenvalue weighted by atomic mass is 9.84. The van der Waals surface area contributed by atoms with Gasteiger partial charge in [-0.2, -0.15) is 0 Å². The molecule has 2 heterocycles. The first-order valence-corrected chi connectivity index (χ1v) is 4.83. The van der Waals surface area contributed by atoms with Crippen LogP contribution in [-0.2, 0) is 4.79 Å². The molecule has 0 N–H and O–H groups in total. The first kappa shape index (κ1) is 8.32. The van der Waals surface area contributed by atoms with Crippen molar-refractivity contribution in [1.29, 1.82) is 0 Å². The van der Waals surface area contributed by atoms with E-state index in [1.54, 1.807) is 0 Å². The lowest BCUT2D eigenvalue weighted by Crippen LogP contribution is -2.52. The van der Waals surface area contributed by atoms with Gasteiger partial charge < -0.3 is 0 Å². The largest absolute Gasteiger partial charge is 0.300 e. The number of Topliss-reactive ketones (excluding diaryl/α,β-unsaturated/α-hetero) is 1. The number of carbonyl (C=O) groups is 1. The summed E-state index contributed by atoms with van der Waals surface area (Å²) in [5.41, 5.74) is 0. The van der Waals surface area contributed by atoms with E-state index >= 15 is 0 Å². The molecule has 2 bridgehead atoms. The first-order valence-electron chi connectivity index (χ1n) is 4.42. The third kappa shape index (κ3) is 1.31. The van der Waals surface area contributed by atoms with Crippen molar-refractivity contribution < 1.29 is 4.79 Å². The molecular weight excluding hydrogens is 170 g/mol. The summed E-state index contributed by atoms with van der Waals surface area (Å²) >= 11 is 5.21. The maximum Gasteiger partial charge on any atom is 0.136 e. The summed E-state index contributed by atoms with van der Waals surface area (Å²) in [6, 6.07) is 0.829. The van der Waals surface area contributed by atoms with Crippen LogP contribution in [0.3, 0.4) is 0 Å². The molecule has 2 unspecified atom stereocenters. The Hall–Kier alpha value is -0.280. The average Bonchev–Trinajstić information content (AvgIpc) is 1.94. The molecule has 0 spiro atoms. The van der Waals surface area contributed by atoms with Gasteiger partial charge in [0.25, 0.3) is 0 Å². The van der Waals surface area contributed by atoms with Gasteiger partial charge >= 0.3 is 0 Å². The number of thiocarbonyl (C=S) groups is 1. The van der Waals surface area contributed by atoms with Gasteiger partial charge in [0.05, 0.1) is 0 Å². The van der Waals surface area contributed by atoms with Gasteiger partial charge in [-0.1, -0.05) is 12.2 Å². The highest BCUT2D eigenvalue weighted by Crippen LogP contribution is 2.29. The van der Waals surface area contributed by atoms with Gasteiger partial charge in [-0.25, -0.2) is 0 Å². The molecule has 0 aromatic heterocycles. The van der Waals surface area contributed by atoms with E-state index in [1.165, 1.54) is 0 Å². The van der Waals surface area contributed by atoms with E-state index in [1.807, 2.05) is 0 Å². The predicted octanol–water partition coefficient (Wildman–Crippen LogP) is 1.18. The Balaban J connectivity index is 2.18. The molecule has 2 atom stereocenters. The number of hydrogen-bond donors (Lipinski definition) is 0. The second-order valence-electron chi connectivity index (χ2n) is 3.87. The molecule has 2 saturated heterocycles. The molecule has 12 heavy (non-hydrogen) atoms. The van der Waals surface area contributed by atoms with Crippen LogP contribution in [0.25, 0.3) is 0 Å². The topological polar surface area (TPSA) is 20.3 Å². The van der Waals surface area contributed by atoms with E-state index in [2.05, 4.69) is 11.9 Å². The number of fused-ring (bicyclic) bond motifs is 2. The number of rotatable bonds is 0. The molecule has 0 amide bonds. The van der Waals surface area contributed by atoms with E-state index in [9.17, 15) is 4.79 Å². The molecule has 0 aliphatic carbocycles. The maximum absolute atomic E-state index is 11.3. The molecule has 0 saturated carbocycles. The average molecular weight is 183 g/mol. The van der Waals surface area contributed by atoms with Crippen LogP contribution < -0.4 is 0 Å². The van der Waals surface area contributed by atoms with Crippen LogP contribution in [0.15, 0.2) is 0 Å². The van der Waals surface area contributed by atoms with Crippen LogP contribution in [0.5, 0.6) is 0 Å². The summed E-state index contributed by atoms with van der Waals surface area (Å²) in [6.07, 6.45) is 3.34. The first-order chi connectivity index (χ1) is 5.66. The molecule has 3 heteroatoms. The summed E-state index contributed by atoms with van der Waals surface area (Å²) < 4.78 is 0. The Morgan fingerprint density at radius 2 is 1.75 bits per heavy atom. The number of carbonyl (C=O) groups excluding carboxylic acids is 1. The zero-order chi connectivity index (χ0) is 8.72. The maximum atomic E-state index is 11.3. The molecule has 2 fully saturated rings. The summed E-state index contributed by atoms with van der Waals surface area (Å²) in [5.74, 6) is 0.422. The van der Waals surface area contributed by atoms with Gasteiger partial charge in [0, 0.05) is 24.9 Å². The number of hydrogen-bond acceptors (Lipinski definition) is 3. The monoisotopic (exact) mass is 183 g/mol. The quantitative estimate of drug-likeness (QED) is 0.526. The van der Waals surface area contributed by atoms with Crippen molar-refractivity contribution in [3.63, 3.8) is 0 Å². The van der Waals surface area contributed by atoms with E-state index in [0.717, 1.165) is 17.7 Å². The second-order valence-corrected chi connectivity index (χ2v) is 4.44. The minimum atomic E-state index is 0.414. The fraction of sp³-hybridized carbons (Fsp3) is 0.778. The molecule has 2 nitrogen and oxygen atoms in total. The zero-order valence-electron chi connectivity index (χ0n) is 7.25. The molecule has 0 aromatic carbocycles. The van der Waals surface area contributed by atoms with E-state index in [-0.39, 0.29) is 0 Å². The molecule has 2 rings (SSSR count). The van der Waals surface area contributed by atoms with Crippen LogP contribution in [0, 0.1) is 0 Å². The van der Waals surface area contributed by atoms with Gasteiger partial charge in [-0.3, -0.25) is 9.69 Å². The molecular formula is C9H13NOS. The van der Waals surface area contributed by atoms with Crippen LogP contribution in [0.1, 0.15) is 25.7 Å². The van der Waals surface area contributed by atoms with Crippen molar-refractivity contribution in [2.45, 2.75) is 37.8 Å². The Morgan fingerprint density at radius 3 is 2.25 bits per heavy atom. The van der Waals surface area contributed by atoms with Gasteiger partial charge in [0.2, 0.25) is 0 Å². The van der Waals surface area contributed by atoms with Crippen LogP contribution >= 0.6 is 12.2 Å². The Kier molecular flexibility index (Phi) is 2.00. The number of nitrogens with zero attached hydrogens (tertiary/aromatic N) is 1. The molecule has 2 aliphatic heterocycles. The van der Waals surface area contributed by atoms with Crippen molar-refractivity contribution in [1.82, 2.24) is 4.90 Å². The van der Waals surface area contributed by atoms with Crippen molar-refractivity contribution in [2.24, 2.45) is 0 Å². The smallest absolute Gasteiger partial charge is 0.136 e. The minimum absolute atomic E-state index is 0.414. The number of piperidine rings is 2. The molecule has 0 aromatic rings. The van der Waals surface area contributed by atoms with Gasteiger partial charge in [0.15, 0.2) is 0 Å². The van der Waals surface area contributed by atoms with Gasteiger partial charge in [-0.05, 0) is 24.8 Å². The van der Waals surface area contributed by atoms with E-state index in [0.29, 0.717) is 30.7 Å². The van der Waals surface area contributed by atoms with Crippen molar-refractivity contribution in [3.8, 4) is 0 Å². The van der Waals surface area contributed by atoms with Crippen LogP contribution in [0.2, 0.25) is 0 Å². The Morgan fingerprint density at radius 1 is 1.25 bits per heavy atom. The SMILES string of the molecule is CN1C2CC(=O)CC1CC(=S)C2. The highest BCUT2D eigenvalue weighted by molar-refractivity contribution is 7.80. The van der Waals surface area contributed by atoms with Crippen molar-refractivity contribution in [2.75, 3.05) is 7.05 Å². The van der Waals surface area contributed by atoms with E-state index in [4.69, 9.17) is 12.2 Å².